The molecule has 2 atom stereocenters. The van der Waals surface area contributed by atoms with Gasteiger partial charge in [-0.1, -0.05) is 18.2 Å². The Labute approximate surface area is 116 Å². The fourth-order valence-corrected chi connectivity index (χ4v) is 4.31. The lowest BCUT2D eigenvalue weighted by atomic mass is 9.90. The highest BCUT2D eigenvalue weighted by Crippen LogP contribution is 2.41. The second kappa shape index (κ2) is 5.66. The Bertz CT molecular complexity index is 408. The van der Waals surface area contributed by atoms with Crippen LogP contribution in [0.2, 0.25) is 0 Å². The van der Waals surface area contributed by atoms with E-state index in [1.165, 1.54) is 35.3 Å². The van der Waals surface area contributed by atoms with Crippen LogP contribution in [0.25, 0.3) is 0 Å². The zero-order valence-electron chi connectivity index (χ0n) is 12.0. The van der Waals surface area contributed by atoms with Crippen LogP contribution >= 0.6 is 11.8 Å². The number of rotatable bonds is 4. The third kappa shape index (κ3) is 2.92. The molecule has 0 spiro atoms. The molecule has 1 nitrogen and oxygen atoms in total. The molecule has 0 saturated carbocycles. The third-order valence-electron chi connectivity index (χ3n) is 4.35. The molecule has 1 fully saturated rings. The average Bonchev–Trinajstić information content (AvgIpc) is 2.78. The van der Waals surface area contributed by atoms with Gasteiger partial charge in [-0.2, -0.15) is 11.8 Å². The molecule has 2 unspecified atom stereocenters. The van der Waals surface area contributed by atoms with Crippen LogP contribution in [-0.2, 0) is 6.42 Å². The minimum atomic E-state index is 0.410. The molecule has 0 aromatic heterocycles. The van der Waals surface area contributed by atoms with Gasteiger partial charge >= 0.3 is 0 Å². The molecule has 1 aromatic carbocycles. The van der Waals surface area contributed by atoms with Crippen molar-refractivity contribution in [2.75, 3.05) is 12.8 Å². The van der Waals surface area contributed by atoms with E-state index >= 15 is 0 Å². The summed E-state index contributed by atoms with van der Waals surface area (Å²) >= 11 is 2.14. The molecular weight excluding hydrogens is 238 g/mol. The van der Waals surface area contributed by atoms with Gasteiger partial charge in [-0.25, -0.2) is 0 Å². The van der Waals surface area contributed by atoms with E-state index in [1.807, 2.05) is 0 Å². The Hall–Kier alpha value is -0.470. The highest BCUT2D eigenvalue weighted by molar-refractivity contribution is 8.00. The number of aryl methyl sites for hydroxylation is 2. The van der Waals surface area contributed by atoms with Crippen molar-refractivity contribution in [1.82, 2.24) is 5.32 Å². The van der Waals surface area contributed by atoms with E-state index in [0.29, 0.717) is 10.8 Å². The summed E-state index contributed by atoms with van der Waals surface area (Å²) in [5, 5.41) is 3.55. The fourth-order valence-electron chi connectivity index (χ4n) is 2.86. The van der Waals surface area contributed by atoms with Gasteiger partial charge in [0.25, 0.3) is 0 Å². The molecule has 1 aromatic rings. The van der Waals surface area contributed by atoms with Gasteiger partial charge < -0.3 is 5.32 Å². The van der Waals surface area contributed by atoms with Gasteiger partial charge in [0.1, 0.15) is 0 Å². The molecule has 100 valence electrons. The van der Waals surface area contributed by atoms with E-state index < -0.39 is 0 Å². The van der Waals surface area contributed by atoms with Crippen molar-refractivity contribution in [3.05, 3.63) is 34.9 Å². The van der Waals surface area contributed by atoms with Gasteiger partial charge in [0.15, 0.2) is 0 Å². The molecule has 0 amide bonds. The van der Waals surface area contributed by atoms with Crippen LogP contribution in [0.4, 0.5) is 0 Å². The second-order valence-corrected chi connectivity index (χ2v) is 7.36. The van der Waals surface area contributed by atoms with E-state index in [-0.39, 0.29) is 0 Å². The smallest absolute Gasteiger partial charge is 0.0288 e. The fraction of sp³-hybridized carbons (Fsp3) is 0.625. The number of thioether (sulfide) groups is 1. The Morgan fingerprint density at radius 3 is 2.67 bits per heavy atom. The van der Waals surface area contributed by atoms with Gasteiger partial charge in [0.2, 0.25) is 0 Å². The van der Waals surface area contributed by atoms with Crippen LogP contribution in [0.5, 0.6) is 0 Å². The van der Waals surface area contributed by atoms with E-state index in [2.05, 4.69) is 63.1 Å². The summed E-state index contributed by atoms with van der Waals surface area (Å²) in [5.74, 6) is 1.32. The molecular formula is C16H25NS. The van der Waals surface area contributed by atoms with Crippen LogP contribution in [-0.4, -0.2) is 23.6 Å². The van der Waals surface area contributed by atoms with Gasteiger partial charge in [-0.15, -0.1) is 0 Å². The summed E-state index contributed by atoms with van der Waals surface area (Å²) in [5.41, 5.74) is 4.26. The Balaban J connectivity index is 2.12. The summed E-state index contributed by atoms with van der Waals surface area (Å²) in [4.78, 5) is 0. The van der Waals surface area contributed by atoms with Crippen LogP contribution in [0.15, 0.2) is 18.2 Å². The van der Waals surface area contributed by atoms with Crippen molar-refractivity contribution in [3.63, 3.8) is 0 Å². The number of likely N-dealkylation sites (N-methyl/N-ethyl adjacent to an activating group) is 1. The van der Waals surface area contributed by atoms with Crippen molar-refractivity contribution in [2.24, 2.45) is 0 Å². The van der Waals surface area contributed by atoms with Crippen LogP contribution in [0.1, 0.15) is 36.5 Å². The Morgan fingerprint density at radius 1 is 1.33 bits per heavy atom. The van der Waals surface area contributed by atoms with Crippen LogP contribution in [0.3, 0.4) is 0 Å². The van der Waals surface area contributed by atoms with Crippen molar-refractivity contribution in [1.29, 1.82) is 0 Å². The van der Waals surface area contributed by atoms with Crippen molar-refractivity contribution in [2.45, 2.75) is 50.8 Å². The number of nitrogens with one attached hydrogen (secondary N) is 1. The highest BCUT2D eigenvalue weighted by atomic mass is 32.2. The number of benzene rings is 1. The summed E-state index contributed by atoms with van der Waals surface area (Å²) in [6.07, 6.45) is 3.85. The first-order valence-electron chi connectivity index (χ1n) is 6.92. The lowest BCUT2D eigenvalue weighted by Crippen LogP contribution is -2.45. The Kier molecular flexibility index (Phi) is 4.39. The first-order valence-corrected chi connectivity index (χ1v) is 7.91. The lowest BCUT2D eigenvalue weighted by molar-refractivity contribution is 0.424. The normalized spacial score (nSPS) is 25.3. The molecule has 1 aliphatic rings. The molecule has 1 aliphatic heterocycles. The molecule has 0 radical (unpaired) electrons. The standard InChI is InChI=1S/C16H25NS/c1-12-6-7-14(10-13(12)2)11-15(17-4)16(3)8-5-9-18-16/h6-7,10,15,17H,5,8-9,11H2,1-4H3. The molecule has 1 saturated heterocycles. The molecule has 2 heteroatoms. The summed E-state index contributed by atoms with van der Waals surface area (Å²) in [6.45, 7) is 6.81. The topological polar surface area (TPSA) is 12.0 Å². The van der Waals surface area contributed by atoms with Crippen molar-refractivity contribution < 1.29 is 0 Å². The predicted molar refractivity (Wildman–Crippen MR) is 82.6 cm³/mol. The Morgan fingerprint density at radius 2 is 2.11 bits per heavy atom. The van der Waals surface area contributed by atoms with Crippen LogP contribution < -0.4 is 5.32 Å². The summed E-state index contributed by atoms with van der Waals surface area (Å²) in [7, 11) is 2.11. The minimum absolute atomic E-state index is 0.410. The van der Waals surface area contributed by atoms with Crippen LogP contribution in [0, 0.1) is 13.8 Å². The predicted octanol–water partition coefficient (Wildman–Crippen LogP) is 3.72. The quantitative estimate of drug-likeness (QED) is 0.888. The summed E-state index contributed by atoms with van der Waals surface area (Å²) in [6, 6.07) is 7.46. The lowest BCUT2D eigenvalue weighted by Gasteiger charge is -2.33. The third-order valence-corrected chi connectivity index (χ3v) is 5.99. The zero-order valence-corrected chi connectivity index (χ0v) is 12.9. The number of hydrogen-bond donors (Lipinski definition) is 1. The largest absolute Gasteiger partial charge is 0.315 e. The van der Waals surface area contributed by atoms with E-state index in [9.17, 15) is 0 Å². The van der Waals surface area contributed by atoms with Gasteiger partial charge in [-0.3, -0.25) is 0 Å². The first-order chi connectivity index (χ1) is 8.55. The molecule has 1 N–H and O–H groups in total. The maximum absolute atomic E-state index is 3.55. The minimum Gasteiger partial charge on any atom is -0.315 e. The zero-order chi connectivity index (χ0) is 13.2. The van der Waals surface area contributed by atoms with Crippen molar-refractivity contribution >= 4 is 11.8 Å². The molecule has 1 heterocycles. The van der Waals surface area contributed by atoms with Crippen molar-refractivity contribution in [3.8, 4) is 0 Å². The van der Waals surface area contributed by atoms with Gasteiger partial charge in [-0.05, 0) is 69.5 Å². The highest BCUT2D eigenvalue weighted by Gasteiger charge is 2.36. The van der Waals surface area contributed by atoms with Gasteiger partial charge in [0, 0.05) is 10.8 Å². The average molecular weight is 263 g/mol. The monoisotopic (exact) mass is 263 g/mol. The molecule has 2 rings (SSSR count). The van der Waals surface area contributed by atoms with Gasteiger partial charge in [0.05, 0.1) is 0 Å². The number of hydrogen-bond acceptors (Lipinski definition) is 2. The van der Waals surface area contributed by atoms with E-state index in [4.69, 9.17) is 0 Å². The molecule has 0 bridgehead atoms. The molecule has 18 heavy (non-hydrogen) atoms. The van der Waals surface area contributed by atoms with E-state index in [0.717, 1.165) is 6.42 Å². The van der Waals surface area contributed by atoms with E-state index in [1.54, 1.807) is 0 Å². The second-order valence-electron chi connectivity index (χ2n) is 5.73. The summed E-state index contributed by atoms with van der Waals surface area (Å²) < 4.78 is 0.410. The first kappa shape index (κ1) is 14.0. The SMILES string of the molecule is CNC(Cc1ccc(C)c(C)c1)C1(C)CCCS1. The molecule has 0 aliphatic carbocycles. The maximum atomic E-state index is 3.55. The maximum Gasteiger partial charge on any atom is 0.0288 e.